The molecule has 8 heteroatoms. The summed E-state index contributed by atoms with van der Waals surface area (Å²) in [4.78, 5) is 26.2. The Morgan fingerprint density at radius 1 is 0.828 bits per heavy atom. The van der Waals surface area contributed by atoms with Crippen LogP contribution < -0.4 is 5.32 Å². The summed E-state index contributed by atoms with van der Waals surface area (Å²) in [5.41, 5.74) is 1.00. The number of nitrogens with zero attached hydrogens (tertiary/aromatic N) is 2. The van der Waals surface area contributed by atoms with Gasteiger partial charge in [-0.2, -0.15) is 4.31 Å². The normalized spacial score (nSPS) is 15.1. The Labute approximate surface area is 171 Å². The number of rotatable bonds is 7. The number of hydrogen-bond acceptors (Lipinski definition) is 4. The number of carbonyl (C=O) groups is 2. The first kappa shape index (κ1) is 21.0. The van der Waals surface area contributed by atoms with E-state index in [0.29, 0.717) is 19.6 Å². The van der Waals surface area contributed by atoms with Crippen LogP contribution in [0.2, 0.25) is 0 Å². The van der Waals surface area contributed by atoms with Crippen molar-refractivity contribution in [3.63, 3.8) is 0 Å². The van der Waals surface area contributed by atoms with Crippen molar-refractivity contribution in [1.29, 1.82) is 0 Å². The van der Waals surface area contributed by atoms with E-state index in [-0.39, 0.29) is 42.6 Å². The molecule has 0 aromatic heterocycles. The van der Waals surface area contributed by atoms with Crippen LogP contribution in [0.3, 0.4) is 0 Å². The van der Waals surface area contributed by atoms with E-state index in [0.717, 1.165) is 5.56 Å². The molecular weight excluding hydrogens is 390 g/mol. The fourth-order valence-electron chi connectivity index (χ4n) is 3.18. The lowest BCUT2D eigenvalue weighted by molar-refractivity contribution is -0.134. The van der Waals surface area contributed by atoms with Gasteiger partial charge in [-0.1, -0.05) is 48.5 Å². The van der Waals surface area contributed by atoms with Crippen LogP contribution in [0.1, 0.15) is 18.4 Å². The van der Waals surface area contributed by atoms with E-state index in [1.807, 2.05) is 30.3 Å². The molecule has 2 aromatic carbocycles. The van der Waals surface area contributed by atoms with Crippen molar-refractivity contribution in [2.45, 2.75) is 24.3 Å². The van der Waals surface area contributed by atoms with Crippen molar-refractivity contribution in [3.8, 4) is 0 Å². The third-order valence-corrected chi connectivity index (χ3v) is 6.78. The Morgan fingerprint density at radius 3 is 2.03 bits per heavy atom. The summed E-state index contributed by atoms with van der Waals surface area (Å²) in [7, 11) is -3.54. The van der Waals surface area contributed by atoms with Crippen LogP contribution in [0.5, 0.6) is 0 Å². The van der Waals surface area contributed by atoms with E-state index in [1.165, 1.54) is 4.31 Å². The Morgan fingerprint density at radius 2 is 1.41 bits per heavy atom. The number of hydrogen-bond donors (Lipinski definition) is 1. The molecule has 1 aliphatic rings. The first-order valence-corrected chi connectivity index (χ1v) is 11.0. The minimum Gasteiger partial charge on any atom is -0.352 e. The molecule has 0 bridgehead atoms. The van der Waals surface area contributed by atoms with Gasteiger partial charge < -0.3 is 10.2 Å². The fraction of sp³-hybridized carbons (Fsp3) is 0.333. The summed E-state index contributed by atoms with van der Waals surface area (Å²) < 4.78 is 26.7. The standard InChI is InChI=1S/C21H25N3O4S/c25-20(22-17-18-7-3-1-4-8-18)11-12-21(26)23-13-15-24(16-14-23)29(27,28)19-9-5-2-6-10-19/h1-10H,11-17H2,(H,22,25). The number of nitrogens with one attached hydrogen (secondary N) is 1. The van der Waals surface area contributed by atoms with Crippen molar-refractivity contribution >= 4 is 21.8 Å². The van der Waals surface area contributed by atoms with Crippen molar-refractivity contribution in [2.75, 3.05) is 26.2 Å². The minimum absolute atomic E-state index is 0.117. The van der Waals surface area contributed by atoms with E-state index < -0.39 is 10.0 Å². The minimum atomic E-state index is -3.54. The maximum absolute atomic E-state index is 12.6. The van der Waals surface area contributed by atoms with E-state index in [9.17, 15) is 18.0 Å². The lowest BCUT2D eigenvalue weighted by atomic mass is 10.2. The molecule has 29 heavy (non-hydrogen) atoms. The molecule has 1 N–H and O–H groups in total. The summed E-state index contributed by atoms with van der Waals surface area (Å²) in [5, 5.41) is 2.81. The Kier molecular flexibility index (Phi) is 7.00. The molecule has 0 radical (unpaired) electrons. The zero-order valence-corrected chi connectivity index (χ0v) is 17.0. The second kappa shape index (κ2) is 9.67. The van der Waals surface area contributed by atoms with E-state index >= 15 is 0 Å². The SMILES string of the molecule is O=C(CCC(=O)N1CCN(S(=O)(=O)c2ccccc2)CC1)NCc1ccccc1. The molecule has 1 aliphatic heterocycles. The van der Waals surface area contributed by atoms with Crippen LogP contribution in [0.4, 0.5) is 0 Å². The largest absolute Gasteiger partial charge is 0.352 e. The van der Waals surface area contributed by atoms with E-state index in [2.05, 4.69) is 5.32 Å². The van der Waals surface area contributed by atoms with Crippen molar-refractivity contribution in [2.24, 2.45) is 0 Å². The summed E-state index contributed by atoms with van der Waals surface area (Å²) in [6, 6.07) is 17.9. The average molecular weight is 416 g/mol. The maximum atomic E-state index is 12.6. The van der Waals surface area contributed by atoms with Gasteiger partial charge in [-0.05, 0) is 17.7 Å². The molecule has 1 heterocycles. The quantitative estimate of drug-likeness (QED) is 0.744. The average Bonchev–Trinajstić information content (AvgIpc) is 2.77. The molecule has 1 fully saturated rings. The fourth-order valence-corrected chi connectivity index (χ4v) is 4.63. The van der Waals surface area contributed by atoms with E-state index in [1.54, 1.807) is 35.2 Å². The van der Waals surface area contributed by atoms with Crippen LogP contribution in [-0.4, -0.2) is 55.6 Å². The molecule has 154 valence electrons. The molecule has 0 unspecified atom stereocenters. The number of benzene rings is 2. The molecule has 0 spiro atoms. The summed E-state index contributed by atoms with van der Waals surface area (Å²) in [5.74, 6) is -0.302. The Bertz CT molecular complexity index is 925. The first-order chi connectivity index (χ1) is 14.0. The summed E-state index contributed by atoms with van der Waals surface area (Å²) in [6.45, 7) is 1.60. The van der Waals surface area contributed by atoms with Gasteiger partial charge >= 0.3 is 0 Å². The molecule has 7 nitrogen and oxygen atoms in total. The monoisotopic (exact) mass is 415 g/mol. The van der Waals surface area contributed by atoms with Crippen LogP contribution in [0.15, 0.2) is 65.6 Å². The highest BCUT2D eigenvalue weighted by Crippen LogP contribution is 2.17. The van der Waals surface area contributed by atoms with Gasteiger partial charge in [-0.25, -0.2) is 8.42 Å². The lowest BCUT2D eigenvalue weighted by Crippen LogP contribution is -2.50. The second-order valence-electron chi connectivity index (χ2n) is 6.86. The third kappa shape index (κ3) is 5.65. The number of carbonyl (C=O) groups excluding carboxylic acids is 2. The van der Waals surface area contributed by atoms with Crippen molar-refractivity contribution < 1.29 is 18.0 Å². The van der Waals surface area contributed by atoms with Gasteiger partial charge in [0.25, 0.3) is 0 Å². The molecule has 1 saturated heterocycles. The zero-order valence-electron chi connectivity index (χ0n) is 16.2. The maximum Gasteiger partial charge on any atom is 0.243 e. The molecule has 2 amide bonds. The van der Waals surface area contributed by atoms with Gasteiger partial charge in [-0.15, -0.1) is 0 Å². The Balaban J connectivity index is 1.42. The van der Waals surface area contributed by atoms with Crippen molar-refractivity contribution in [3.05, 3.63) is 66.2 Å². The summed E-state index contributed by atoms with van der Waals surface area (Å²) in [6.07, 6.45) is 0.236. The number of sulfonamides is 1. The van der Waals surface area contributed by atoms with Crippen LogP contribution in [0.25, 0.3) is 0 Å². The number of piperazine rings is 1. The van der Waals surface area contributed by atoms with Crippen LogP contribution in [-0.2, 0) is 26.2 Å². The highest BCUT2D eigenvalue weighted by molar-refractivity contribution is 7.89. The Hall–Kier alpha value is -2.71. The number of amides is 2. The molecule has 0 aliphatic carbocycles. The van der Waals surface area contributed by atoms with Crippen LogP contribution in [0, 0.1) is 0 Å². The first-order valence-electron chi connectivity index (χ1n) is 9.60. The predicted octanol–water partition coefficient (Wildman–Crippen LogP) is 1.62. The summed E-state index contributed by atoms with van der Waals surface area (Å²) >= 11 is 0. The molecule has 2 aromatic rings. The van der Waals surface area contributed by atoms with Gasteiger partial charge in [0.05, 0.1) is 4.90 Å². The predicted molar refractivity (Wildman–Crippen MR) is 109 cm³/mol. The van der Waals surface area contributed by atoms with Gasteiger partial charge in [0.2, 0.25) is 21.8 Å². The molecular formula is C21H25N3O4S. The third-order valence-electron chi connectivity index (χ3n) is 4.87. The topological polar surface area (TPSA) is 86.8 Å². The second-order valence-corrected chi connectivity index (χ2v) is 8.80. The molecule has 3 rings (SSSR count). The smallest absolute Gasteiger partial charge is 0.243 e. The van der Waals surface area contributed by atoms with Gasteiger partial charge in [0.1, 0.15) is 0 Å². The van der Waals surface area contributed by atoms with Gasteiger partial charge in [0.15, 0.2) is 0 Å². The molecule has 0 atom stereocenters. The highest BCUT2D eigenvalue weighted by atomic mass is 32.2. The van der Waals surface area contributed by atoms with Crippen molar-refractivity contribution in [1.82, 2.24) is 14.5 Å². The highest BCUT2D eigenvalue weighted by Gasteiger charge is 2.29. The van der Waals surface area contributed by atoms with E-state index in [4.69, 9.17) is 0 Å². The van der Waals surface area contributed by atoms with Gasteiger partial charge in [0, 0.05) is 45.6 Å². The van der Waals surface area contributed by atoms with Crippen LogP contribution >= 0.6 is 0 Å². The van der Waals surface area contributed by atoms with Gasteiger partial charge in [-0.3, -0.25) is 9.59 Å². The lowest BCUT2D eigenvalue weighted by Gasteiger charge is -2.34. The zero-order chi connectivity index (χ0) is 20.7. The molecule has 0 saturated carbocycles.